The topological polar surface area (TPSA) is 92.9 Å². The van der Waals surface area contributed by atoms with Crippen molar-refractivity contribution < 1.29 is 19.4 Å². The maximum atomic E-state index is 11.0. The summed E-state index contributed by atoms with van der Waals surface area (Å²) in [5.41, 5.74) is 5.53. The van der Waals surface area contributed by atoms with E-state index >= 15 is 0 Å². The molecule has 0 aromatic rings. The van der Waals surface area contributed by atoms with E-state index in [2.05, 4.69) is 4.74 Å². The Morgan fingerprint density at radius 1 is 1.54 bits per heavy atom. The zero-order valence-electron chi connectivity index (χ0n) is 7.27. The van der Waals surface area contributed by atoms with Crippen molar-refractivity contribution in [2.45, 2.75) is 6.04 Å². The van der Waals surface area contributed by atoms with Gasteiger partial charge in [0.25, 0.3) is 0 Å². The second-order valence-corrected chi connectivity index (χ2v) is 2.98. The Morgan fingerprint density at radius 2 is 2.15 bits per heavy atom. The van der Waals surface area contributed by atoms with Crippen molar-refractivity contribution in [1.82, 2.24) is 4.90 Å². The fourth-order valence-corrected chi connectivity index (χ4v) is 1.37. The van der Waals surface area contributed by atoms with Gasteiger partial charge in [-0.15, -0.1) is 0 Å². The molecule has 13 heavy (non-hydrogen) atoms. The molecular weight excluding hydrogens is 176 g/mol. The fraction of sp³-hybridized carbons (Fsp3) is 0.714. The number of ether oxygens (including phenoxy) is 1. The average molecular weight is 188 g/mol. The standard InChI is InChI=1S/C7H12N2O4/c1-13-7(12)9-2-4(6(10)11)5(8)3-9/h4-5H,2-3,8H2,1H3,(H,10,11). The lowest BCUT2D eigenvalue weighted by Crippen LogP contribution is -2.34. The molecule has 3 N–H and O–H groups in total. The number of amides is 1. The molecule has 74 valence electrons. The number of carboxylic acid groups (broad SMARTS) is 1. The van der Waals surface area contributed by atoms with Crippen LogP contribution < -0.4 is 5.73 Å². The third-order valence-electron chi connectivity index (χ3n) is 2.12. The Balaban J connectivity index is 2.59. The Kier molecular flexibility index (Phi) is 2.72. The zero-order chi connectivity index (χ0) is 10.0. The molecule has 0 radical (unpaired) electrons. The van der Waals surface area contributed by atoms with Crippen LogP contribution in [0.3, 0.4) is 0 Å². The quantitative estimate of drug-likeness (QED) is 0.556. The van der Waals surface area contributed by atoms with Gasteiger partial charge in [0.15, 0.2) is 0 Å². The van der Waals surface area contributed by atoms with Crippen molar-refractivity contribution in [3.05, 3.63) is 0 Å². The molecule has 1 amide bonds. The average Bonchev–Trinajstić information content (AvgIpc) is 2.46. The molecule has 1 aliphatic rings. The van der Waals surface area contributed by atoms with Gasteiger partial charge in [0.2, 0.25) is 0 Å². The number of methoxy groups -OCH3 is 1. The predicted octanol–water partition coefficient (Wildman–Crippen LogP) is -0.903. The number of likely N-dealkylation sites (tertiary alicyclic amines) is 1. The van der Waals surface area contributed by atoms with Crippen LogP contribution in [0.2, 0.25) is 0 Å². The van der Waals surface area contributed by atoms with Gasteiger partial charge in [-0.1, -0.05) is 0 Å². The van der Waals surface area contributed by atoms with Gasteiger partial charge in [-0.25, -0.2) is 4.79 Å². The highest BCUT2D eigenvalue weighted by Crippen LogP contribution is 2.15. The number of carboxylic acids is 1. The molecule has 2 atom stereocenters. The SMILES string of the molecule is COC(=O)N1CC(N)C(C(=O)O)C1. The van der Waals surface area contributed by atoms with Gasteiger partial charge >= 0.3 is 12.1 Å². The number of hydrogen-bond acceptors (Lipinski definition) is 4. The van der Waals surface area contributed by atoms with Crippen LogP contribution in [-0.4, -0.2) is 48.3 Å². The summed E-state index contributed by atoms with van der Waals surface area (Å²) in [4.78, 5) is 22.9. The van der Waals surface area contributed by atoms with E-state index < -0.39 is 24.0 Å². The van der Waals surface area contributed by atoms with Crippen LogP contribution in [0.15, 0.2) is 0 Å². The number of aliphatic carboxylic acids is 1. The van der Waals surface area contributed by atoms with Crippen LogP contribution in [0.4, 0.5) is 4.79 Å². The van der Waals surface area contributed by atoms with E-state index in [1.54, 1.807) is 0 Å². The van der Waals surface area contributed by atoms with E-state index in [0.717, 1.165) is 0 Å². The number of carbonyl (C=O) groups is 2. The molecule has 1 aliphatic heterocycles. The molecule has 0 aromatic carbocycles. The van der Waals surface area contributed by atoms with Crippen molar-refractivity contribution in [1.29, 1.82) is 0 Å². The summed E-state index contributed by atoms with van der Waals surface area (Å²) in [7, 11) is 1.25. The van der Waals surface area contributed by atoms with Crippen LogP contribution in [0.5, 0.6) is 0 Å². The molecule has 0 bridgehead atoms. The van der Waals surface area contributed by atoms with E-state index in [1.807, 2.05) is 0 Å². The Hall–Kier alpha value is -1.30. The minimum atomic E-state index is -0.973. The first kappa shape index (κ1) is 9.79. The van der Waals surface area contributed by atoms with Crippen molar-refractivity contribution in [2.75, 3.05) is 20.2 Å². The van der Waals surface area contributed by atoms with Gasteiger partial charge in [0.05, 0.1) is 13.0 Å². The fourth-order valence-electron chi connectivity index (χ4n) is 1.37. The van der Waals surface area contributed by atoms with E-state index in [0.29, 0.717) is 0 Å². The lowest BCUT2D eigenvalue weighted by atomic mass is 10.1. The molecule has 1 heterocycles. The van der Waals surface area contributed by atoms with E-state index in [4.69, 9.17) is 10.8 Å². The highest BCUT2D eigenvalue weighted by atomic mass is 16.5. The molecule has 0 saturated carbocycles. The summed E-state index contributed by atoms with van der Waals surface area (Å²) in [6.07, 6.45) is -0.529. The molecule has 0 aliphatic carbocycles. The molecular formula is C7H12N2O4. The third kappa shape index (κ3) is 1.89. The van der Waals surface area contributed by atoms with Crippen molar-refractivity contribution in [3.63, 3.8) is 0 Å². The van der Waals surface area contributed by atoms with Gasteiger partial charge in [0, 0.05) is 19.1 Å². The summed E-state index contributed by atoms with van der Waals surface area (Å²) in [6.45, 7) is 0.368. The van der Waals surface area contributed by atoms with Gasteiger partial charge in [-0.2, -0.15) is 0 Å². The molecule has 1 rings (SSSR count). The van der Waals surface area contributed by atoms with Crippen LogP contribution in [0.1, 0.15) is 0 Å². The second kappa shape index (κ2) is 3.61. The maximum absolute atomic E-state index is 11.0. The lowest BCUT2D eigenvalue weighted by molar-refractivity contribution is -0.141. The Labute approximate surface area is 75.3 Å². The van der Waals surface area contributed by atoms with Crippen molar-refractivity contribution in [3.8, 4) is 0 Å². The predicted molar refractivity (Wildman–Crippen MR) is 43.1 cm³/mol. The van der Waals surface area contributed by atoms with Crippen molar-refractivity contribution >= 4 is 12.1 Å². The molecule has 1 fully saturated rings. The molecule has 0 aromatic heterocycles. The van der Waals surface area contributed by atoms with Gasteiger partial charge in [0.1, 0.15) is 0 Å². The largest absolute Gasteiger partial charge is 0.481 e. The molecule has 6 nitrogen and oxygen atoms in total. The van der Waals surface area contributed by atoms with E-state index in [9.17, 15) is 9.59 Å². The number of carbonyl (C=O) groups excluding carboxylic acids is 1. The zero-order valence-corrected chi connectivity index (χ0v) is 7.27. The summed E-state index contributed by atoms with van der Waals surface area (Å²) in [5.74, 6) is -1.65. The Bertz CT molecular complexity index is 231. The number of nitrogens with two attached hydrogens (primary N) is 1. The first-order chi connectivity index (χ1) is 6.06. The van der Waals surface area contributed by atoms with Gasteiger partial charge < -0.3 is 20.5 Å². The normalized spacial score (nSPS) is 27.4. The third-order valence-corrected chi connectivity index (χ3v) is 2.12. The lowest BCUT2D eigenvalue weighted by Gasteiger charge is -2.12. The number of rotatable bonds is 1. The van der Waals surface area contributed by atoms with Crippen LogP contribution in [0, 0.1) is 5.92 Å². The monoisotopic (exact) mass is 188 g/mol. The first-order valence-electron chi connectivity index (χ1n) is 3.87. The number of nitrogens with zero attached hydrogens (tertiary/aromatic N) is 1. The smallest absolute Gasteiger partial charge is 0.409 e. The maximum Gasteiger partial charge on any atom is 0.409 e. The van der Waals surface area contributed by atoms with Crippen LogP contribution in [-0.2, 0) is 9.53 Å². The minimum absolute atomic E-state index is 0.128. The van der Waals surface area contributed by atoms with E-state index in [-0.39, 0.29) is 13.1 Å². The van der Waals surface area contributed by atoms with Crippen LogP contribution >= 0.6 is 0 Å². The second-order valence-electron chi connectivity index (χ2n) is 2.98. The highest BCUT2D eigenvalue weighted by molar-refractivity contribution is 5.75. The molecule has 6 heteroatoms. The summed E-state index contributed by atoms with van der Waals surface area (Å²) in [6, 6.07) is -0.503. The highest BCUT2D eigenvalue weighted by Gasteiger charge is 2.37. The van der Waals surface area contributed by atoms with Gasteiger partial charge in [-0.3, -0.25) is 4.79 Å². The Morgan fingerprint density at radius 3 is 2.54 bits per heavy atom. The summed E-state index contributed by atoms with van der Waals surface area (Å²) < 4.78 is 4.45. The van der Waals surface area contributed by atoms with Crippen molar-refractivity contribution in [2.24, 2.45) is 11.7 Å². The molecule has 1 saturated heterocycles. The molecule has 0 spiro atoms. The summed E-state index contributed by atoms with van der Waals surface area (Å²) >= 11 is 0. The van der Waals surface area contributed by atoms with E-state index in [1.165, 1.54) is 12.0 Å². The van der Waals surface area contributed by atoms with Gasteiger partial charge in [-0.05, 0) is 0 Å². The first-order valence-corrected chi connectivity index (χ1v) is 3.87. The van der Waals surface area contributed by atoms with Crippen LogP contribution in [0.25, 0.3) is 0 Å². The summed E-state index contributed by atoms with van der Waals surface area (Å²) in [5, 5.41) is 8.70. The number of hydrogen-bond donors (Lipinski definition) is 2. The molecule has 2 unspecified atom stereocenters. The minimum Gasteiger partial charge on any atom is -0.481 e.